The Bertz CT molecular complexity index is 654. The van der Waals surface area contributed by atoms with Gasteiger partial charge >= 0.3 is 0 Å². The number of nitrogens with zero attached hydrogens (tertiary/aromatic N) is 4. The van der Waals surface area contributed by atoms with Crippen molar-refractivity contribution < 1.29 is 9.94 Å². The minimum absolute atomic E-state index is 0.110. The van der Waals surface area contributed by atoms with Crippen molar-refractivity contribution in [2.75, 3.05) is 0 Å². The van der Waals surface area contributed by atoms with E-state index in [-0.39, 0.29) is 18.5 Å². The first kappa shape index (κ1) is 15.1. The van der Waals surface area contributed by atoms with Crippen molar-refractivity contribution >= 4 is 17.4 Å². The molecule has 21 heavy (non-hydrogen) atoms. The van der Waals surface area contributed by atoms with Gasteiger partial charge in [-0.25, -0.2) is 9.67 Å². The van der Waals surface area contributed by atoms with Gasteiger partial charge in [0, 0.05) is 6.04 Å². The van der Waals surface area contributed by atoms with Crippen LogP contribution in [0, 0.1) is 0 Å². The third-order valence-corrected chi connectivity index (χ3v) is 3.15. The molecule has 0 bridgehead atoms. The molecule has 2 rings (SSSR count). The second-order valence-electron chi connectivity index (χ2n) is 4.60. The fraction of sp³-hybridized carbons (Fsp3) is 0.308. The van der Waals surface area contributed by atoms with Crippen LogP contribution in [0.3, 0.4) is 0 Å². The van der Waals surface area contributed by atoms with Crippen LogP contribution in [0.5, 0.6) is 5.75 Å². The van der Waals surface area contributed by atoms with Crippen molar-refractivity contribution in [3.63, 3.8) is 0 Å². The Hall–Kier alpha value is -2.28. The van der Waals surface area contributed by atoms with Crippen molar-refractivity contribution in [3.8, 4) is 5.75 Å². The van der Waals surface area contributed by atoms with E-state index in [1.165, 1.54) is 6.33 Å². The highest BCUT2D eigenvalue weighted by atomic mass is 35.5. The van der Waals surface area contributed by atoms with Crippen molar-refractivity contribution in [3.05, 3.63) is 40.9 Å². The van der Waals surface area contributed by atoms with Crippen molar-refractivity contribution in [2.45, 2.75) is 26.5 Å². The predicted molar refractivity (Wildman–Crippen MR) is 78.7 cm³/mol. The summed E-state index contributed by atoms with van der Waals surface area (Å²) in [5.74, 6) is 0.979. The van der Waals surface area contributed by atoms with Crippen LogP contribution in [0.2, 0.25) is 5.02 Å². The van der Waals surface area contributed by atoms with Gasteiger partial charge in [-0.3, -0.25) is 0 Å². The van der Waals surface area contributed by atoms with Crippen LogP contribution >= 0.6 is 11.6 Å². The average molecular weight is 310 g/mol. The minimum Gasteiger partial charge on any atom is -0.485 e. The second-order valence-corrected chi connectivity index (χ2v) is 5.01. The number of amidine groups is 1. The Morgan fingerprint density at radius 2 is 2.29 bits per heavy atom. The van der Waals surface area contributed by atoms with Crippen LogP contribution in [-0.2, 0) is 6.61 Å². The summed E-state index contributed by atoms with van der Waals surface area (Å²) >= 11 is 6.06. The molecule has 0 amide bonds. The van der Waals surface area contributed by atoms with E-state index in [2.05, 4.69) is 15.2 Å². The van der Waals surface area contributed by atoms with Gasteiger partial charge in [-0.05, 0) is 26.0 Å². The third kappa shape index (κ3) is 3.25. The molecule has 2 aromatic rings. The van der Waals surface area contributed by atoms with Gasteiger partial charge < -0.3 is 15.7 Å². The summed E-state index contributed by atoms with van der Waals surface area (Å²) in [6, 6.07) is 5.22. The maximum atomic E-state index is 8.83. The maximum Gasteiger partial charge on any atom is 0.175 e. The number of aromatic nitrogens is 3. The van der Waals surface area contributed by atoms with Crippen LogP contribution in [0.25, 0.3) is 0 Å². The quantitative estimate of drug-likeness (QED) is 0.382. The first-order valence-electron chi connectivity index (χ1n) is 6.32. The van der Waals surface area contributed by atoms with Gasteiger partial charge in [0.2, 0.25) is 0 Å². The molecule has 0 aliphatic rings. The molecule has 0 saturated carbocycles. The van der Waals surface area contributed by atoms with Crippen molar-refractivity contribution in [2.24, 2.45) is 10.9 Å². The second kappa shape index (κ2) is 6.45. The lowest BCUT2D eigenvalue weighted by molar-refractivity contribution is 0.281. The minimum atomic E-state index is -0.110. The van der Waals surface area contributed by atoms with Gasteiger partial charge in [0.05, 0.1) is 10.6 Å². The number of rotatable bonds is 5. The van der Waals surface area contributed by atoms with E-state index >= 15 is 0 Å². The lowest BCUT2D eigenvalue weighted by Gasteiger charge is -2.13. The molecule has 0 atom stereocenters. The van der Waals surface area contributed by atoms with E-state index in [4.69, 9.17) is 27.3 Å². The summed E-state index contributed by atoms with van der Waals surface area (Å²) in [6.45, 7) is 4.20. The normalized spacial score (nSPS) is 11.9. The van der Waals surface area contributed by atoms with Crippen LogP contribution in [0.1, 0.15) is 31.3 Å². The molecule has 0 fully saturated rings. The fourth-order valence-electron chi connectivity index (χ4n) is 1.87. The summed E-state index contributed by atoms with van der Waals surface area (Å²) in [5, 5.41) is 16.3. The fourth-order valence-corrected chi connectivity index (χ4v) is 2.14. The molecular weight excluding hydrogens is 294 g/mol. The highest BCUT2D eigenvalue weighted by Gasteiger charge is 2.14. The van der Waals surface area contributed by atoms with Gasteiger partial charge in [-0.2, -0.15) is 5.10 Å². The largest absolute Gasteiger partial charge is 0.485 e. The Labute approximate surface area is 127 Å². The van der Waals surface area contributed by atoms with Gasteiger partial charge in [0.25, 0.3) is 0 Å². The zero-order valence-corrected chi connectivity index (χ0v) is 12.4. The summed E-state index contributed by atoms with van der Waals surface area (Å²) in [6.07, 6.45) is 1.47. The van der Waals surface area contributed by atoms with Crippen LogP contribution < -0.4 is 10.5 Å². The molecule has 0 saturated heterocycles. The zero-order chi connectivity index (χ0) is 15.4. The Morgan fingerprint density at radius 1 is 1.52 bits per heavy atom. The molecule has 0 aliphatic heterocycles. The molecule has 7 nitrogen and oxygen atoms in total. The van der Waals surface area contributed by atoms with Crippen LogP contribution in [0.15, 0.2) is 29.7 Å². The number of ether oxygens (including phenoxy) is 1. The number of halogens is 1. The maximum absolute atomic E-state index is 8.83. The topological polar surface area (TPSA) is 98.5 Å². The SMILES string of the molecule is CC(C)n1ncnc1COc1cccc(Cl)c1/C(N)=N/O. The van der Waals surface area contributed by atoms with Gasteiger partial charge in [-0.15, -0.1) is 0 Å². The van der Waals surface area contributed by atoms with E-state index in [0.717, 1.165) is 0 Å². The molecule has 8 heteroatoms. The zero-order valence-electron chi connectivity index (χ0n) is 11.7. The number of oxime groups is 1. The van der Waals surface area contributed by atoms with Crippen molar-refractivity contribution in [1.29, 1.82) is 0 Å². The third-order valence-electron chi connectivity index (χ3n) is 2.83. The van der Waals surface area contributed by atoms with E-state index < -0.39 is 0 Å². The van der Waals surface area contributed by atoms with E-state index in [1.807, 2.05) is 13.8 Å². The van der Waals surface area contributed by atoms with E-state index in [0.29, 0.717) is 22.2 Å². The Kier molecular flexibility index (Phi) is 4.64. The molecular formula is C13H16ClN5O2. The van der Waals surface area contributed by atoms with Gasteiger partial charge in [-0.1, -0.05) is 22.8 Å². The number of nitrogens with two attached hydrogens (primary N) is 1. The lowest BCUT2D eigenvalue weighted by Crippen LogP contribution is -2.16. The van der Waals surface area contributed by atoms with Crippen molar-refractivity contribution in [1.82, 2.24) is 14.8 Å². The molecule has 112 valence electrons. The summed E-state index contributed by atoms with van der Waals surface area (Å²) in [7, 11) is 0. The summed E-state index contributed by atoms with van der Waals surface area (Å²) < 4.78 is 7.45. The summed E-state index contributed by atoms with van der Waals surface area (Å²) in [4.78, 5) is 4.15. The molecule has 3 N–H and O–H groups in total. The summed E-state index contributed by atoms with van der Waals surface area (Å²) in [5.41, 5.74) is 5.97. The monoisotopic (exact) mass is 309 g/mol. The Morgan fingerprint density at radius 3 is 2.95 bits per heavy atom. The molecule has 0 radical (unpaired) electrons. The molecule has 1 aromatic heterocycles. The molecule has 0 spiro atoms. The standard InChI is InChI=1S/C13H16ClN5O2/c1-8(2)19-11(16-7-17-19)6-21-10-5-3-4-9(14)12(10)13(15)18-20/h3-5,7-8,20H,6H2,1-2H3,(H2,15,18). The van der Waals surface area contributed by atoms with E-state index in [1.54, 1.807) is 22.9 Å². The van der Waals surface area contributed by atoms with Crippen LogP contribution in [0.4, 0.5) is 0 Å². The smallest absolute Gasteiger partial charge is 0.175 e. The number of benzene rings is 1. The molecule has 1 aromatic carbocycles. The highest BCUT2D eigenvalue weighted by molar-refractivity contribution is 6.34. The van der Waals surface area contributed by atoms with Gasteiger partial charge in [0.1, 0.15) is 18.7 Å². The number of hydrogen-bond acceptors (Lipinski definition) is 5. The first-order chi connectivity index (χ1) is 10.0. The van der Waals surface area contributed by atoms with E-state index in [9.17, 15) is 0 Å². The Balaban J connectivity index is 2.25. The van der Waals surface area contributed by atoms with Crippen LogP contribution in [-0.4, -0.2) is 25.8 Å². The van der Waals surface area contributed by atoms with Gasteiger partial charge in [0.15, 0.2) is 11.7 Å². The first-order valence-corrected chi connectivity index (χ1v) is 6.70. The average Bonchev–Trinajstić information content (AvgIpc) is 2.93. The molecule has 1 heterocycles. The lowest BCUT2D eigenvalue weighted by atomic mass is 10.2. The number of hydrogen-bond donors (Lipinski definition) is 2. The predicted octanol–water partition coefficient (Wildman–Crippen LogP) is 2.19. The molecule has 0 aliphatic carbocycles. The molecule has 0 unspecified atom stereocenters. The highest BCUT2D eigenvalue weighted by Crippen LogP contribution is 2.26.